The lowest BCUT2D eigenvalue weighted by atomic mass is 10.1. The summed E-state index contributed by atoms with van der Waals surface area (Å²) in [4.78, 5) is 0. The minimum Gasteiger partial charge on any atom is -0.397 e. The lowest BCUT2D eigenvalue weighted by molar-refractivity contribution is 1.12. The third-order valence-electron chi connectivity index (χ3n) is 3.11. The minimum atomic E-state index is 0.716. The van der Waals surface area contributed by atoms with Crippen LogP contribution in [0.2, 0.25) is 0 Å². The van der Waals surface area contributed by atoms with Crippen molar-refractivity contribution in [2.24, 2.45) is 0 Å². The van der Waals surface area contributed by atoms with Crippen LogP contribution in [0, 0.1) is 13.8 Å². The van der Waals surface area contributed by atoms with Crippen molar-refractivity contribution in [3.05, 3.63) is 47.7 Å². The van der Waals surface area contributed by atoms with Gasteiger partial charge < -0.3 is 11.1 Å². The van der Waals surface area contributed by atoms with Crippen molar-refractivity contribution in [1.82, 2.24) is 10.2 Å². The molecule has 4 heteroatoms. The molecule has 0 aliphatic carbocycles. The monoisotopic (exact) mass is 252 g/mol. The number of nitrogens with two attached hydrogens (primary N) is 1. The number of aromatic nitrogens is 2. The number of benzene rings is 2. The Hall–Kier alpha value is -2.49. The van der Waals surface area contributed by atoms with E-state index in [1.807, 2.05) is 12.1 Å². The molecule has 0 aliphatic rings. The molecule has 0 amide bonds. The van der Waals surface area contributed by atoms with E-state index in [1.54, 1.807) is 6.20 Å². The summed E-state index contributed by atoms with van der Waals surface area (Å²) >= 11 is 0. The molecular formula is C15H16N4. The summed E-state index contributed by atoms with van der Waals surface area (Å²) in [5.74, 6) is 0. The van der Waals surface area contributed by atoms with Crippen LogP contribution in [0.5, 0.6) is 0 Å². The van der Waals surface area contributed by atoms with Gasteiger partial charge in [-0.25, -0.2) is 0 Å². The molecule has 0 radical (unpaired) electrons. The maximum Gasteiger partial charge on any atom is 0.0672 e. The molecule has 0 fully saturated rings. The summed E-state index contributed by atoms with van der Waals surface area (Å²) in [5, 5.41) is 11.3. The molecule has 0 unspecified atom stereocenters. The maximum absolute atomic E-state index is 6.07. The van der Waals surface area contributed by atoms with Crippen LogP contribution in [0.3, 0.4) is 0 Å². The first kappa shape index (κ1) is 11.6. The molecular weight excluding hydrogens is 236 g/mol. The van der Waals surface area contributed by atoms with Crippen molar-refractivity contribution in [1.29, 1.82) is 0 Å². The molecule has 96 valence electrons. The highest BCUT2D eigenvalue weighted by Crippen LogP contribution is 2.28. The van der Waals surface area contributed by atoms with E-state index in [0.717, 1.165) is 22.3 Å². The molecule has 1 heterocycles. The maximum atomic E-state index is 6.07. The third-order valence-corrected chi connectivity index (χ3v) is 3.11. The van der Waals surface area contributed by atoms with Crippen LogP contribution in [-0.4, -0.2) is 10.2 Å². The summed E-state index contributed by atoms with van der Waals surface area (Å²) in [6, 6.07) is 10.2. The molecule has 2 aromatic carbocycles. The Balaban J connectivity index is 2.02. The fourth-order valence-electron chi connectivity index (χ4n) is 2.32. The van der Waals surface area contributed by atoms with E-state index in [1.165, 1.54) is 11.1 Å². The second-order valence-electron chi connectivity index (χ2n) is 4.90. The highest BCUT2D eigenvalue weighted by atomic mass is 15.1. The molecule has 1 aromatic heterocycles. The van der Waals surface area contributed by atoms with Gasteiger partial charge in [-0.3, -0.25) is 5.10 Å². The van der Waals surface area contributed by atoms with Crippen molar-refractivity contribution >= 4 is 28.0 Å². The number of aryl methyl sites for hydroxylation is 2. The quantitative estimate of drug-likeness (QED) is 0.611. The fraction of sp³-hybridized carbons (Fsp3) is 0.133. The van der Waals surface area contributed by atoms with Gasteiger partial charge >= 0.3 is 0 Å². The van der Waals surface area contributed by atoms with E-state index < -0.39 is 0 Å². The second-order valence-corrected chi connectivity index (χ2v) is 4.90. The smallest absolute Gasteiger partial charge is 0.0672 e. The number of hydrogen-bond donors (Lipinski definition) is 3. The number of rotatable bonds is 2. The molecule has 4 nitrogen and oxygen atoms in total. The van der Waals surface area contributed by atoms with Crippen molar-refractivity contribution in [2.75, 3.05) is 11.1 Å². The van der Waals surface area contributed by atoms with Crippen LogP contribution < -0.4 is 11.1 Å². The van der Waals surface area contributed by atoms with Gasteiger partial charge in [0, 0.05) is 11.1 Å². The van der Waals surface area contributed by atoms with E-state index in [4.69, 9.17) is 5.73 Å². The number of nitrogens with one attached hydrogen (secondary N) is 2. The number of nitrogens with zero attached hydrogens (tertiary/aromatic N) is 1. The van der Waals surface area contributed by atoms with Gasteiger partial charge in [0.1, 0.15) is 0 Å². The molecule has 3 aromatic rings. The van der Waals surface area contributed by atoms with Crippen LogP contribution >= 0.6 is 0 Å². The van der Waals surface area contributed by atoms with Crippen LogP contribution in [0.15, 0.2) is 36.5 Å². The number of anilines is 3. The molecule has 4 N–H and O–H groups in total. The van der Waals surface area contributed by atoms with Gasteiger partial charge in [0.25, 0.3) is 0 Å². The van der Waals surface area contributed by atoms with Gasteiger partial charge in [-0.2, -0.15) is 5.10 Å². The van der Waals surface area contributed by atoms with Crippen molar-refractivity contribution in [2.45, 2.75) is 13.8 Å². The molecule has 3 rings (SSSR count). The lowest BCUT2D eigenvalue weighted by Gasteiger charge is -2.11. The topological polar surface area (TPSA) is 66.7 Å². The van der Waals surface area contributed by atoms with Crippen molar-refractivity contribution < 1.29 is 0 Å². The van der Waals surface area contributed by atoms with Gasteiger partial charge in [0.05, 0.1) is 23.1 Å². The summed E-state index contributed by atoms with van der Waals surface area (Å²) in [5.41, 5.74) is 12.1. The highest BCUT2D eigenvalue weighted by molar-refractivity contribution is 5.89. The summed E-state index contributed by atoms with van der Waals surface area (Å²) in [6.45, 7) is 4.17. The molecule has 0 spiro atoms. The standard InChI is InChI=1S/C15H16N4/c1-9-3-10(2)5-12(4-9)18-15-7-14-11(6-13(15)16)8-17-19-14/h3-8,18H,16H2,1-2H3,(H,17,19). The average Bonchev–Trinajstić information content (AvgIpc) is 2.75. The normalized spacial score (nSPS) is 10.8. The zero-order chi connectivity index (χ0) is 13.4. The molecule has 0 saturated carbocycles. The summed E-state index contributed by atoms with van der Waals surface area (Å²) in [6.07, 6.45) is 1.77. The van der Waals surface area contributed by atoms with Crippen LogP contribution in [-0.2, 0) is 0 Å². The Morgan fingerprint density at radius 2 is 1.79 bits per heavy atom. The van der Waals surface area contributed by atoms with Gasteiger partial charge in [-0.15, -0.1) is 0 Å². The summed E-state index contributed by atoms with van der Waals surface area (Å²) < 4.78 is 0. The van der Waals surface area contributed by atoms with Crippen LogP contribution in [0.4, 0.5) is 17.1 Å². The Morgan fingerprint density at radius 1 is 1.05 bits per heavy atom. The van der Waals surface area contributed by atoms with Crippen LogP contribution in [0.1, 0.15) is 11.1 Å². The zero-order valence-electron chi connectivity index (χ0n) is 11.0. The van der Waals surface area contributed by atoms with Gasteiger partial charge in [-0.1, -0.05) is 6.07 Å². The number of aromatic amines is 1. The van der Waals surface area contributed by atoms with Gasteiger partial charge in [0.2, 0.25) is 0 Å². The molecule has 0 aliphatic heterocycles. The second kappa shape index (κ2) is 4.31. The van der Waals surface area contributed by atoms with Crippen LogP contribution in [0.25, 0.3) is 10.9 Å². The van der Waals surface area contributed by atoms with Crippen molar-refractivity contribution in [3.8, 4) is 0 Å². The lowest BCUT2D eigenvalue weighted by Crippen LogP contribution is -1.97. The van der Waals surface area contributed by atoms with E-state index in [-0.39, 0.29) is 0 Å². The average molecular weight is 252 g/mol. The largest absolute Gasteiger partial charge is 0.397 e. The highest BCUT2D eigenvalue weighted by Gasteiger charge is 2.04. The Kier molecular flexibility index (Phi) is 2.63. The minimum absolute atomic E-state index is 0.716. The zero-order valence-corrected chi connectivity index (χ0v) is 11.0. The SMILES string of the molecule is Cc1cc(C)cc(Nc2cc3[nH]ncc3cc2N)c1. The van der Waals surface area contributed by atoms with Crippen molar-refractivity contribution in [3.63, 3.8) is 0 Å². The Morgan fingerprint density at radius 3 is 2.53 bits per heavy atom. The van der Waals surface area contributed by atoms with Gasteiger partial charge in [0.15, 0.2) is 0 Å². The Labute approximate surface area is 111 Å². The van der Waals surface area contributed by atoms with Gasteiger partial charge in [-0.05, 0) is 49.2 Å². The number of H-pyrrole nitrogens is 1. The van der Waals surface area contributed by atoms with E-state index >= 15 is 0 Å². The first-order valence-electron chi connectivity index (χ1n) is 6.20. The number of nitrogen functional groups attached to an aromatic ring is 1. The first-order chi connectivity index (χ1) is 9.11. The molecule has 19 heavy (non-hydrogen) atoms. The Bertz CT molecular complexity index is 723. The predicted molar refractivity (Wildman–Crippen MR) is 79.7 cm³/mol. The van der Waals surface area contributed by atoms with E-state index in [9.17, 15) is 0 Å². The number of fused-ring (bicyclic) bond motifs is 1. The molecule has 0 saturated heterocycles. The van der Waals surface area contributed by atoms with E-state index in [0.29, 0.717) is 5.69 Å². The third kappa shape index (κ3) is 2.25. The summed E-state index contributed by atoms with van der Waals surface area (Å²) in [7, 11) is 0. The number of hydrogen-bond acceptors (Lipinski definition) is 3. The molecule has 0 bridgehead atoms. The first-order valence-corrected chi connectivity index (χ1v) is 6.20. The molecule has 0 atom stereocenters. The predicted octanol–water partition coefficient (Wildman–Crippen LogP) is 3.51. The van der Waals surface area contributed by atoms with E-state index in [2.05, 4.69) is 47.6 Å². The fourth-order valence-corrected chi connectivity index (χ4v) is 2.32.